The van der Waals surface area contributed by atoms with E-state index in [-0.39, 0.29) is 11.3 Å². The number of nitrogens with zero attached hydrogens (tertiary/aromatic N) is 3. The number of fused-ring (bicyclic) bond motifs is 1. The Hall–Kier alpha value is -3.51. The van der Waals surface area contributed by atoms with Crippen molar-refractivity contribution in [1.29, 1.82) is 0 Å². The Balaban J connectivity index is 1.91. The van der Waals surface area contributed by atoms with E-state index in [2.05, 4.69) is 4.98 Å². The van der Waals surface area contributed by atoms with Gasteiger partial charge in [0.05, 0.1) is 11.6 Å². The number of benzene rings is 2. The number of rotatable bonds is 5. The Morgan fingerprint density at radius 2 is 1.83 bits per heavy atom. The van der Waals surface area contributed by atoms with E-state index in [1.165, 1.54) is 4.90 Å². The molecule has 4 rings (SSSR count). The second-order valence-electron chi connectivity index (χ2n) is 7.61. The molecule has 0 radical (unpaired) electrons. The Bertz CT molecular complexity index is 1130. The van der Waals surface area contributed by atoms with Gasteiger partial charge in [0.2, 0.25) is 0 Å². The summed E-state index contributed by atoms with van der Waals surface area (Å²) in [5.41, 5.74) is 1.33. The standard InChI is InChI=1S/C24H23N3O3/c1-26(2)13-14-27-21(17-9-6-12-25-15-17)20(23(29)24(27)30)22(28)19-11-5-8-16-7-3-4-10-18(16)19/h3-12,15,21,28H,13-14H2,1-2H3/b22-20-. The lowest BCUT2D eigenvalue weighted by atomic mass is 9.94. The lowest BCUT2D eigenvalue weighted by Gasteiger charge is -2.26. The Kier molecular flexibility index (Phi) is 5.33. The third-order valence-corrected chi connectivity index (χ3v) is 5.37. The van der Waals surface area contributed by atoms with Gasteiger partial charge >= 0.3 is 0 Å². The highest BCUT2D eigenvalue weighted by atomic mass is 16.3. The Morgan fingerprint density at radius 1 is 1.07 bits per heavy atom. The lowest BCUT2D eigenvalue weighted by Crippen LogP contribution is -2.35. The first-order valence-corrected chi connectivity index (χ1v) is 9.80. The van der Waals surface area contributed by atoms with Crippen molar-refractivity contribution in [3.8, 4) is 0 Å². The molecule has 6 heteroatoms. The van der Waals surface area contributed by atoms with Crippen molar-refractivity contribution < 1.29 is 14.7 Å². The third-order valence-electron chi connectivity index (χ3n) is 5.37. The number of carbonyl (C=O) groups excluding carboxylic acids is 2. The van der Waals surface area contributed by atoms with Crippen LogP contribution in [-0.2, 0) is 9.59 Å². The minimum atomic E-state index is -0.683. The van der Waals surface area contributed by atoms with E-state index < -0.39 is 17.7 Å². The highest BCUT2D eigenvalue weighted by Gasteiger charge is 2.46. The van der Waals surface area contributed by atoms with Crippen LogP contribution in [0, 0.1) is 0 Å². The van der Waals surface area contributed by atoms with Gasteiger partial charge in [0.25, 0.3) is 11.7 Å². The number of likely N-dealkylation sites (tertiary alicyclic amines) is 1. The number of aliphatic hydroxyl groups is 1. The van der Waals surface area contributed by atoms with Gasteiger partial charge in [-0.1, -0.05) is 48.5 Å². The number of aliphatic hydroxyl groups excluding tert-OH is 1. The van der Waals surface area contributed by atoms with Crippen molar-refractivity contribution in [3.05, 3.63) is 83.7 Å². The van der Waals surface area contributed by atoms with Crippen molar-refractivity contribution in [3.63, 3.8) is 0 Å². The fourth-order valence-electron chi connectivity index (χ4n) is 3.88. The molecule has 2 aromatic carbocycles. The van der Waals surface area contributed by atoms with Crippen LogP contribution in [-0.4, -0.2) is 58.8 Å². The van der Waals surface area contributed by atoms with Gasteiger partial charge in [0, 0.05) is 31.0 Å². The van der Waals surface area contributed by atoms with Gasteiger partial charge in [-0.2, -0.15) is 0 Å². The van der Waals surface area contributed by atoms with E-state index in [1.807, 2.05) is 61.5 Å². The molecule has 0 bridgehead atoms. The minimum Gasteiger partial charge on any atom is -0.507 e. The largest absolute Gasteiger partial charge is 0.507 e. The molecule has 152 valence electrons. The average Bonchev–Trinajstić information content (AvgIpc) is 3.02. The minimum absolute atomic E-state index is 0.100. The molecule has 0 saturated carbocycles. The predicted molar refractivity (Wildman–Crippen MR) is 116 cm³/mol. The Morgan fingerprint density at radius 3 is 2.57 bits per heavy atom. The number of aromatic nitrogens is 1. The molecule has 1 saturated heterocycles. The molecule has 0 spiro atoms. The molecule has 6 nitrogen and oxygen atoms in total. The van der Waals surface area contributed by atoms with Crippen molar-refractivity contribution in [1.82, 2.24) is 14.8 Å². The number of likely N-dealkylation sites (N-methyl/N-ethyl adjacent to an activating group) is 1. The molecule has 3 aromatic rings. The van der Waals surface area contributed by atoms with Crippen LogP contribution < -0.4 is 0 Å². The quantitative estimate of drug-likeness (QED) is 0.404. The highest BCUT2D eigenvalue weighted by Crippen LogP contribution is 2.40. The van der Waals surface area contributed by atoms with E-state index in [1.54, 1.807) is 24.5 Å². The van der Waals surface area contributed by atoms with Crippen LogP contribution in [0.25, 0.3) is 16.5 Å². The first-order chi connectivity index (χ1) is 14.5. The molecule has 1 amide bonds. The van der Waals surface area contributed by atoms with Gasteiger partial charge in [0.1, 0.15) is 5.76 Å². The smallest absolute Gasteiger partial charge is 0.295 e. The molecule has 0 aliphatic carbocycles. The molecule has 1 fully saturated rings. The van der Waals surface area contributed by atoms with E-state index in [9.17, 15) is 14.7 Å². The van der Waals surface area contributed by atoms with E-state index in [0.717, 1.165) is 10.8 Å². The maximum absolute atomic E-state index is 13.1. The summed E-state index contributed by atoms with van der Waals surface area (Å²) in [5.74, 6) is -1.44. The van der Waals surface area contributed by atoms with Crippen molar-refractivity contribution in [2.75, 3.05) is 27.2 Å². The topological polar surface area (TPSA) is 73.7 Å². The second-order valence-corrected chi connectivity index (χ2v) is 7.61. The van der Waals surface area contributed by atoms with Crippen LogP contribution in [0.1, 0.15) is 17.2 Å². The van der Waals surface area contributed by atoms with Gasteiger partial charge < -0.3 is 14.9 Å². The van der Waals surface area contributed by atoms with Gasteiger partial charge in [0.15, 0.2) is 0 Å². The zero-order valence-corrected chi connectivity index (χ0v) is 16.9. The predicted octanol–water partition coefficient (Wildman–Crippen LogP) is 3.22. The van der Waals surface area contributed by atoms with Crippen LogP contribution in [0.2, 0.25) is 0 Å². The summed E-state index contributed by atoms with van der Waals surface area (Å²) in [4.78, 5) is 33.6. The van der Waals surface area contributed by atoms with E-state index in [4.69, 9.17) is 0 Å². The van der Waals surface area contributed by atoms with Crippen LogP contribution in [0.15, 0.2) is 72.6 Å². The van der Waals surface area contributed by atoms with Crippen LogP contribution in [0.3, 0.4) is 0 Å². The van der Waals surface area contributed by atoms with Crippen molar-refractivity contribution >= 4 is 28.2 Å². The number of pyridine rings is 1. The molecular weight excluding hydrogens is 378 g/mol. The van der Waals surface area contributed by atoms with Gasteiger partial charge in [-0.05, 0) is 36.5 Å². The van der Waals surface area contributed by atoms with Gasteiger partial charge in [-0.3, -0.25) is 14.6 Å². The lowest BCUT2D eigenvalue weighted by molar-refractivity contribution is -0.140. The number of carbonyl (C=O) groups is 2. The average molecular weight is 401 g/mol. The fraction of sp³-hybridized carbons (Fsp3) is 0.208. The molecule has 1 aliphatic rings. The normalized spacial score (nSPS) is 18.5. The molecule has 2 heterocycles. The third kappa shape index (κ3) is 3.46. The summed E-state index contributed by atoms with van der Waals surface area (Å²) in [5, 5.41) is 13.0. The zero-order valence-electron chi connectivity index (χ0n) is 16.9. The molecule has 1 unspecified atom stereocenters. The first kappa shape index (κ1) is 19.8. The summed E-state index contributed by atoms with van der Waals surface area (Å²) >= 11 is 0. The summed E-state index contributed by atoms with van der Waals surface area (Å²) < 4.78 is 0. The number of amides is 1. The van der Waals surface area contributed by atoms with Crippen LogP contribution >= 0.6 is 0 Å². The zero-order chi connectivity index (χ0) is 21.3. The molecule has 1 aliphatic heterocycles. The number of ketones is 1. The Labute approximate surface area is 175 Å². The maximum Gasteiger partial charge on any atom is 0.295 e. The highest BCUT2D eigenvalue weighted by molar-refractivity contribution is 6.46. The maximum atomic E-state index is 13.1. The number of hydrogen-bond acceptors (Lipinski definition) is 5. The summed E-state index contributed by atoms with van der Waals surface area (Å²) in [7, 11) is 3.82. The number of hydrogen-bond donors (Lipinski definition) is 1. The monoisotopic (exact) mass is 401 g/mol. The fourth-order valence-corrected chi connectivity index (χ4v) is 3.88. The summed E-state index contributed by atoms with van der Waals surface area (Å²) in [6, 6.07) is 16.1. The second kappa shape index (κ2) is 8.08. The summed E-state index contributed by atoms with van der Waals surface area (Å²) in [6.07, 6.45) is 3.27. The van der Waals surface area contributed by atoms with Crippen LogP contribution in [0.5, 0.6) is 0 Å². The molecule has 1 atom stereocenters. The van der Waals surface area contributed by atoms with Crippen molar-refractivity contribution in [2.45, 2.75) is 6.04 Å². The van der Waals surface area contributed by atoms with E-state index >= 15 is 0 Å². The van der Waals surface area contributed by atoms with Gasteiger partial charge in [-0.15, -0.1) is 0 Å². The molecular formula is C24H23N3O3. The number of Topliss-reactive ketones (excluding diaryl/α,β-unsaturated/α-hetero) is 1. The summed E-state index contributed by atoms with van der Waals surface area (Å²) in [6.45, 7) is 0.960. The molecule has 1 aromatic heterocycles. The van der Waals surface area contributed by atoms with E-state index in [0.29, 0.717) is 24.2 Å². The van der Waals surface area contributed by atoms with Crippen molar-refractivity contribution in [2.24, 2.45) is 0 Å². The van der Waals surface area contributed by atoms with Crippen LogP contribution in [0.4, 0.5) is 0 Å². The SMILES string of the molecule is CN(C)CCN1C(=O)C(=O)/C(=C(\O)c2cccc3ccccc23)C1c1cccnc1. The molecule has 30 heavy (non-hydrogen) atoms. The molecule has 1 N–H and O–H groups in total. The van der Waals surface area contributed by atoms with Gasteiger partial charge in [-0.25, -0.2) is 0 Å². The first-order valence-electron chi connectivity index (χ1n) is 9.80.